The molecule has 4 aliphatic carbocycles. The van der Waals surface area contributed by atoms with E-state index in [1.807, 2.05) is 20.2 Å². The Hall–Kier alpha value is -2.24. The summed E-state index contributed by atoms with van der Waals surface area (Å²) in [4.78, 5) is 27.3. The molecular weight excluding hydrogens is 438 g/mol. The van der Waals surface area contributed by atoms with Crippen LogP contribution >= 0.6 is 0 Å². The average Bonchev–Trinajstić information content (AvgIpc) is 3.13. The predicted molar refractivity (Wildman–Crippen MR) is 137 cm³/mol. The normalized spacial score (nSPS) is 32.0. The van der Waals surface area contributed by atoms with E-state index >= 15 is 0 Å². The number of carbonyl (C=O) groups is 2. The SMILES string of the molecule is CN(C)c1ccc(CCOCC(=O)[C@@]2(O)CC[C@H]3[C@@H]4CCC5=CC(=O)CCC5=C4CC[C@@]32C)cc1. The summed E-state index contributed by atoms with van der Waals surface area (Å²) in [5.41, 5.74) is 4.82. The van der Waals surface area contributed by atoms with Crippen molar-refractivity contribution in [2.75, 3.05) is 32.2 Å². The van der Waals surface area contributed by atoms with Crippen molar-refractivity contribution in [2.45, 2.75) is 70.3 Å². The Bertz CT molecular complexity index is 1070. The summed E-state index contributed by atoms with van der Waals surface area (Å²) in [6.45, 7) is 2.59. The number of anilines is 1. The largest absolute Gasteiger partial charge is 0.381 e. The molecule has 0 aromatic heterocycles. The Kier molecular flexibility index (Phi) is 6.52. The molecule has 4 aliphatic rings. The van der Waals surface area contributed by atoms with Gasteiger partial charge in [-0.2, -0.15) is 0 Å². The highest BCUT2D eigenvalue weighted by atomic mass is 16.5. The highest BCUT2D eigenvalue weighted by Crippen LogP contribution is 2.63. The van der Waals surface area contributed by atoms with Gasteiger partial charge in [0, 0.05) is 31.6 Å². The van der Waals surface area contributed by atoms with Gasteiger partial charge < -0.3 is 14.7 Å². The standard InChI is InChI=1S/C30H39NO4/c1-29-15-12-25-24-11-9-23(32)18-21(24)6-10-26(25)27(29)13-16-30(29,34)28(33)19-35-17-14-20-4-7-22(8-5-20)31(2)3/h4-5,7-8,18,26-27,34H,6,9-17,19H2,1-3H3/t26-,27+,29+,30+/m1/s1. The smallest absolute Gasteiger partial charge is 0.190 e. The molecule has 0 unspecified atom stereocenters. The third kappa shape index (κ3) is 4.21. The van der Waals surface area contributed by atoms with Crippen molar-refractivity contribution in [1.82, 2.24) is 0 Å². The fourth-order valence-electron chi connectivity index (χ4n) is 7.44. The molecule has 4 atom stereocenters. The Labute approximate surface area is 209 Å². The minimum Gasteiger partial charge on any atom is -0.381 e. The fourth-order valence-corrected chi connectivity index (χ4v) is 7.44. The van der Waals surface area contributed by atoms with Crippen molar-refractivity contribution in [1.29, 1.82) is 0 Å². The maximum absolute atomic E-state index is 13.3. The van der Waals surface area contributed by atoms with Crippen molar-refractivity contribution < 1.29 is 19.4 Å². The molecule has 2 saturated carbocycles. The van der Waals surface area contributed by atoms with Gasteiger partial charge in [-0.05, 0) is 98.1 Å². The van der Waals surface area contributed by atoms with E-state index in [0.29, 0.717) is 31.3 Å². The number of carbonyl (C=O) groups excluding carboxylic acids is 2. The van der Waals surface area contributed by atoms with Crippen LogP contribution in [0.5, 0.6) is 0 Å². The molecule has 5 heteroatoms. The summed E-state index contributed by atoms with van der Waals surface area (Å²) in [6, 6.07) is 8.37. The molecule has 0 aliphatic heterocycles. The molecule has 1 N–H and O–H groups in total. The summed E-state index contributed by atoms with van der Waals surface area (Å²) >= 11 is 0. The summed E-state index contributed by atoms with van der Waals surface area (Å²) < 4.78 is 5.80. The molecule has 35 heavy (non-hydrogen) atoms. The second kappa shape index (κ2) is 9.33. The molecule has 0 bridgehead atoms. The van der Waals surface area contributed by atoms with Gasteiger partial charge in [0.05, 0.1) is 6.61 Å². The maximum Gasteiger partial charge on any atom is 0.190 e. The number of aliphatic hydroxyl groups is 1. The van der Waals surface area contributed by atoms with Gasteiger partial charge in [0.2, 0.25) is 0 Å². The van der Waals surface area contributed by atoms with Crippen LogP contribution in [0.4, 0.5) is 5.69 Å². The van der Waals surface area contributed by atoms with Crippen molar-refractivity contribution in [3.8, 4) is 0 Å². The molecule has 188 valence electrons. The van der Waals surface area contributed by atoms with Gasteiger partial charge in [-0.25, -0.2) is 0 Å². The maximum atomic E-state index is 13.3. The molecule has 5 rings (SSSR count). The molecule has 2 fully saturated rings. The molecule has 0 amide bonds. The summed E-state index contributed by atoms with van der Waals surface area (Å²) in [6.07, 6.45) is 9.27. The summed E-state index contributed by atoms with van der Waals surface area (Å²) in [5, 5.41) is 11.8. The van der Waals surface area contributed by atoms with Crippen LogP contribution < -0.4 is 4.90 Å². The van der Waals surface area contributed by atoms with Gasteiger partial charge in [-0.15, -0.1) is 0 Å². The summed E-state index contributed by atoms with van der Waals surface area (Å²) in [5.74, 6) is 0.861. The average molecular weight is 478 g/mol. The van der Waals surface area contributed by atoms with Crippen LogP contribution in [0.3, 0.4) is 0 Å². The number of rotatable bonds is 7. The van der Waals surface area contributed by atoms with Crippen LogP contribution in [0.15, 0.2) is 47.1 Å². The Morgan fingerprint density at radius 3 is 2.60 bits per heavy atom. The highest BCUT2D eigenvalue weighted by molar-refractivity contribution is 5.93. The van der Waals surface area contributed by atoms with E-state index in [0.717, 1.165) is 50.6 Å². The van der Waals surface area contributed by atoms with Crippen molar-refractivity contribution in [3.05, 3.63) is 52.6 Å². The first-order valence-electron chi connectivity index (χ1n) is 13.3. The number of ketones is 2. The van der Waals surface area contributed by atoms with Crippen molar-refractivity contribution >= 4 is 17.3 Å². The Morgan fingerprint density at radius 1 is 1.09 bits per heavy atom. The first kappa shape index (κ1) is 24.5. The summed E-state index contributed by atoms with van der Waals surface area (Å²) in [7, 11) is 4.04. The molecule has 0 radical (unpaired) electrons. The molecule has 0 heterocycles. The first-order chi connectivity index (χ1) is 16.7. The van der Waals surface area contributed by atoms with E-state index in [-0.39, 0.29) is 18.2 Å². The Balaban J connectivity index is 1.22. The minimum atomic E-state index is -1.31. The van der Waals surface area contributed by atoms with E-state index in [1.165, 1.54) is 22.3 Å². The van der Waals surface area contributed by atoms with Crippen LogP contribution in [-0.4, -0.2) is 49.6 Å². The zero-order valence-electron chi connectivity index (χ0n) is 21.4. The zero-order valence-corrected chi connectivity index (χ0v) is 21.4. The number of nitrogens with zero attached hydrogens (tertiary/aromatic N) is 1. The third-order valence-electron chi connectivity index (χ3n) is 9.57. The lowest BCUT2D eigenvalue weighted by Crippen LogP contribution is -2.55. The van der Waals surface area contributed by atoms with Gasteiger partial charge in [-0.1, -0.05) is 24.6 Å². The van der Waals surface area contributed by atoms with E-state index < -0.39 is 11.0 Å². The van der Waals surface area contributed by atoms with Gasteiger partial charge >= 0.3 is 0 Å². The fraction of sp³-hybridized carbons (Fsp3) is 0.600. The van der Waals surface area contributed by atoms with Crippen molar-refractivity contribution in [2.24, 2.45) is 17.3 Å². The number of ether oxygens (including phenoxy) is 1. The monoisotopic (exact) mass is 477 g/mol. The van der Waals surface area contributed by atoms with E-state index in [9.17, 15) is 14.7 Å². The van der Waals surface area contributed by atoms with Gasteiger partial charge in [-0.3, -0.25) is 9.59 Å². The van der Waals surface area contributed by atoms with Gasteiger partial charge in [0.15, 0.2) is 11.6 Å². The molecule has 0 spiro atoms. The van der Waals surface area contributed by atoms with Gasteiger partial charge in [0.25, 0.3) is 0 Å². The zero-order chi connectivity index (χ0) is 24.8. The van der Waals surface area contributed by atoms with Gasteiger partial charge in [0.1, 0.15) is 12.2 Å². The number of Topliss-reactive ketones (excluding diaryl/α,β-unsaturated/α-hetero) is 1. The molecule has 1 aromatic rings. The van der Waals surface area contributed by atoms with Crippen molar-refractivity contribution in [3.63, 3.8) is 0 Å². The lowest BCUT2D eigenvalue weighted by atomic mass is 9.54. The van der Waals surface area contributed by atoms with Crippen LogP contribution in [0, 0.1) is 17.3 Å². The van der Waals surface area contributed by atoms with E-state index in [4.69, 9.17) is 4.74 Å². The molecule has 1 aromatic carbocycles. The lowest BCUT2D eigenvalue weighted by molar-refractivity contribution is -0.159. The van der Waals surface area contributed by atoms with Crippen LogP contribution in [0.1, 0.15) is 63.9 Å². The number of allylic oxidation sites excluding steroid dienone is 4. The van der Waals surface area contributed by atoms with Crippen LogP contribution in [-0.2, 0) is 20.7 Å². The topological polar surface area (TPSA) is 66.8 Å². The molecular formula is C30H39NO4. The van der Waals surface area contributed by atoms with Crippen LogP contribution in [0.2, 0.25) is 0 Å². The number of fused-ring (bicyclic) bond motifs is 4. The first-order valence-corrected chi connectivity index (χ1v) is 13.3. The number of hydrogen-bond acceptors (Lipinski definition) is 5. The Morgan fingerprint density at radius 2 is 1.86 bits per heavy atom. The number of hydrogen-bond donors (Lipinski definition) is 1. The third-order valence-corrected chi connectivity index (χ3v) is 9.57. The minimum absolute atomic E-state index is 0.0256. The second-order valence-corrected chi connectivity index (χ2v) is 11.5. The quantitative estimate of drug-likeness (QED) is 0.571. The highest BCUT2D eigenvalue weighted by Gasteiger charge is 2.63. The molecule has 5 nitrogen and oxygen atoms in total. The van der Waals surface area contributed by atoms with Crippen LogP contribution in [0.25, 0.3) is 0 Å². The van der Waals surface area contributed by atoms with E-state index in [1.54, 1.807) is 0 Å². The lowest BCUT2D eigenvalue weighted by Gasteiger charge is -2.51. The van der Waals surface area contributed by atoms with E-state index in [2.05, 4.69) is 36.1 Å². The predicted octanol–water partition coefficient (Wildman–Crippen LogP) is 4.82. The second-order valence-electron chi connectivity index (χ2n) is 11.5. The molecule has 0 saturated heterocycles. The number of benzene rings is 1.